The Morgan fingerprint density at radius 3 is 2.90 bits per heavy atom. The van der Waals surface area contributed by atoms with Crippen molar-refractivity contribution in [2.45, 2.75) is 13.0 Å². The molecule has 1 aliphatic rings. The zero-order chi connectivity index (χ0) is 13.8. The predicted molar refractivity (Wildman–Crippen MR) is 78.9 cm³/mol. The highest BCUT2D eigenvalue weighted by molar-refractivity contribution is 5.17. The third kappa shape index (κ3) is 3.39. The second-order valence-corrected chi connectivity index (χ2v) is 5.59. The maximum Gasteiger partial charge on any atom is 0.157 e. The van der Waals surface area contributed by atoms with E-state index in [2.05, 4.69) is 29.2 Å². The Hall–Kier alpha value is -1.81. The third-order valence-corrected chi connectivity index (χ3v) is 3.77. The molecule has 0 N–H and O–H groups in total. The molecule has 2 aromatic rings. The largest absolute Gasteiger partial charge is 0.490 e. The molecule has 3 rings (SSSR count). The molecule has 1 aliphatic heterocycles. The van der Waals surface area contributed by atoms with Gasteiger partial charge in [-0.1, -0.05) is 30.3 Å². The fourth-order valence-electron chi connectivity index (χ4n) is 2.65. The Bertz CT molecular complexity index is 538. The second kappa shape index (κ2) is 6.09. The van der Waals surface area contributed by atoms with Crippen LogP contribution in [0.1, 0.15) is 12.0 Å². The summed E-state index contributed by atoms with van der Waals surface area (Å²) in [6.45, 7) is 3.90. The highest BCUT2D eigenvalue weighted by Gasteiger charge is 2.19. The normalized spacial score (nSPS) is 19.4. The maximum absolute atomic E-state index is 5.85. The van der Waals surface area contributed by atoms with E-state index in [1.54, 1.807) is 0 Å². The molecule has 0 radical (unpaired) electrons. The molecule has 2 heterocycles. The van der Waals surface area contributed by atoms with Crippen LogP contribution in [0.5, 0.6) is 5.75 Å². The standard InChI is InChI=1S/C16H21N3O/c1-18-8-7-15(10-18)13-20-16-9-17-19(12-16)11-14-5-3-2-4-6-14/h2-6,9,12,15H,7-8,10-11,13H2,1H3. The Kier molecular flexibility index (Phi) is 4.02. The predicted octanol–water partition coefficient (Wildman–Crippen LogP) is 2.26. The van der Waals surface area contributed by atoms with Crippen molar-refractivity contribution in [3.05, 3.63) is 48.3 Å². The van der Waals surface area contributed by atoms with Crippen molar-refractivity contribution in [2.75, 3.05) is 26.7 Å². The Morgan fingerprint density at radius 1 is 1.30 bits per heavy atom. The first-order valence-electron chi connectivity index (χ1n) is 7.17. The molecule has 0 spiro atoms. The number of hydrogen-bond acceptors (Lipinski definition) is 3. The van der Waals surface area contributed by atoms with E-state index in [0.29, 0.717) is 5.92 Å². The molecule has 0 amide bonds. The minimum atomic E-state index is 0.650. The van der Waals surface area contributed by atoms with Crippen LogP contribution in [0, 0.1) is 5.92 Å². The maximum atomic E-state index is 5.85. The molecule has 0 aliphatic carbocycles. The van der Waals surface area contributed by atoms with Crippen LogP contribution in [0.15, 0.2) is 42.7 Å². The van der Waals surface area contributed by atoms with Crippen LogP contribution < -0.4 is 4.74 Å². The van der Waals surface area contributed by atoms with E-state index in [1.165, 1.54) is 18.5 Å². The summed E-state index contributed by atoms with van der Waals surface area (Å²) in [4.78, 5) is 2.35. The van der Waals surface area contributed by atoms with E-state index in [-0.39, 0.29) is 0 Å². The molecule has 4 heteroatoms. The van der Waals surface area contributed by atoms with Gasteiger partial charge in [-0.2, -0.15) is 5.10 Å². The first-order valence-corrected chi connectivity index (χ1v) is 7.17. The van der Waals surface area contributed by atoms with Crippen LogP contribution in [-0.2, 0) is 6.54 Å². The van der Waals surface area contributed by atoms with Crippen molar-refractivity contribution in [3.8, 4) is 5.75 Å². The molecule has 0 bridgehead atoms. The average Bonchev–Trinajstić information content (AvgIpc) is 3.07. The molecule has 1 aromatic heterocycles. The monoisotopic (exact) mass is 271 g/mol. The zero-order valence-corrected chi connectivity index (χ0v) is 11.9. The van der Waals surface area contributed by atoms with E-state index in [4.69, 9.17) is 4.74 Å². The van der Waals surface area contributed by atoms with E-state index >= 15 is 0 Å². The lowest BCUT2D eigenvalue weighted by molar-refractivity contribution is 0.249. The van der Waals surface area contributed by atoms with Crippen molar-refractivity contribution in [1.82, 2.24) is 14.7 Å². The number of ether oxygens (including phenoxy) is 1. The molecule has 1 aromatic carbocycles. The van der Waals surface area contributed by atoms with Gasteiger partial charge in [0, 0.05) is 12.5 Å². The number of nitrogens with zero attached hydrogens (tertiary/aromatic N) is 3. The van der Waals surface area contributed by atoms with Gasteiger partial charge >= 0.3 is 0 Å². The minimum Gasteiger partial charge on any atom is -0.490 e. The number of benzene rings is 1. The zero-order valence-electron chi connectivity index (χ0n) is 11.9. The van der Waals surface area contributed by atoms with Crippen LogP contribution in [0.2, 0.25) is 0 Å². The van der Waals surface area contributed by atoms with E-state index in [9.17, 15) is 0 Å². The fraction of sp³-hybridized carbons (Fsp3) is 0.438. The number of rotatable bonds is 5. The lowest BCUT2D eigenvalue weighted by atomic mass is 10.1. The highest BCUT2D eigenvalue weighted by Crippen LogP contribution is 2.17. The molecule has 1 unspecified atom stereocenters. The van der Waals surface area contributed by atoms with Crippen LogP contribution in [-0.4, -0.2) is 41.4 Å². The lowest BCUT2D eigenvalue weighted by Gasteiger charge is -2.10. The molecule has 1 atom stereocenters. The Labute approximate surface area is 120 Å². The van der Waals surface area contributed by atoms with Gasteiger partial charge in [0.1, 0.15) is 0 Å². The van der Waals surface area contributed by atoms with E-state index < -0.39 is 0 Å². The highest BCUT2D eigenvalue weighted by atomic mass is 16.5. The third-order valence-electron chi connectivity index (χ3n) is 3.77. The molecule has 1 fully saturated rings. The van der Waals surface area contributed by atoms with E-state index in [0.717, 1.165) is 25.4 Å². The Morgan fingerprint density at radius 2 is 2.15 bits per heavy atom. The molecule has 0 saturated carbocycles. The van der Waals surface area contributed by atoms with Crippen molar-refractivity contribution in [3.63, 3.8) is 0 Å². The van der Waals surface area contributed by atoms with Crippen molar-refractivity contribution < 1.29 is 4.74 Å². The van der Waals surface area contributed by atoms with Gasteiger partial charge in [0.05, 0.1) is 25.5 Å². The van der Waals surface area contributed by atoms with Gasteiger partial charge in [0.15, 0.2) is 5.75 Å². The average molecular weight is 271 g/mol. The summed E-state index contributed by atoms with van der Waals surface area (Å²) in [7, 11) is 2.16. The number of likely N-dealkylation sites (tertiary alicyclic amines) is 1. The molecule has 4 nitrogen and oxygen atoms in total. The second-order valence-electron chi connectivity index (χ2n) is 5.59. The summed E-state index contributed by atoms with van der Waals surface area (Å²) in [5.41, 5.74) is 1.25. The first-order chi connectivity index (χ1) is 9.79. The molecule has 20 heavy (non-hydrogen) atoms. The summed E-state index contributed by atoms with van der Waals surface area (Å²) in [6.07, 6.45) is 5.02. The van der Waals surface area contributed by atoms with E-state index in [1.807, 2.05) is 35.3 Å². The first kappa shape index (κ1) is 13.2. The van der Waals surface area contributed by atoms with Crippen LogP contribution >= 0.6 is 0 Å². The quantitative estimate of drug-likeness (QED) is 0.835. The summed E-state index contributed by atoms with van der Waals surface area (Å²) >= 11 is 0. The summed E-state index contributed by atoms with van der Waals surface area (Å²) in [5.74, 6) is 1.52. The van der Waals surface area contributed by atoms with Crippen LogP contribution in [0.4, 0.5) is 0 Å². The van der Waals surface area contributed by atoms with Crippen molar-refractivity contribution >= 4 is 0 Å². The van der Waals surface area contributed by atoms with Gasteiger partial charge in [-0.05, 0) is 25.6 Å². The van der Waals surface area contributed by atoms with Gasteiger partial charge in [0.2, 0.25) is 0 Å². The minimum absolute atomic E-state index is 0.650. The molecular formula is C16H21N3O. The SMILES string of the molecule is CN1CCC(COc2cnn(Cc3ccccc3)c2)C1. The summed E-state index contributed by atoms with van der Waals surface area (Å²) in [5, 5.41) is 4.35. The number of aromatic nitrogens is 2. The topological polar surface area (TPSA) is 30.3 Å². The van der Waals surface area contributed by atoms with Gasteiger partial charge in [-0.15, -0.1) is 0 Å². The molecule has 1 saturated heterocycles. The summed E-state index contributed by atoms with van der Waals surface area (Å²) in [6, 6.07) is 10.3. The smallest absolute Gasteiger partial charge is 0.157 e. The van der Waals surface area contributed by atoms with Crippen molar-refractivity contribution in [1.29, 1.82) is 0 Å². The molecule has 106 valence electrons. The summed E-state index contributed by atoms with van der Waals surface area (Å²) < 4.78 is 7.77. The lowest BCUT2D eigenvalue weighted by Crippen LogP contribution is -2.17. The van der Waals surface area contributed by atoms with Gasteiger partial charge in [0.25, 0.3) is 0 Å². The fourth-order valence-corrected chi connectivity index (χ4v) is 2.65. The van der Waals surface area contributed by atoms with Gasteiger partial charge in [-0.3, -0.25) is 4.68 Å². The van der Waals surface area contributed by atoms with Crippen LogP contribution in [0.3, 0.4) is 0 Å². The van der Waals surface area contributed by atoms with Crippen LogP contribution in [0.25, 0.3) is 0 Å². The Balaban J connectivity index is 1.52. The van der Waals surface area contributed by atoms with Gasteiger partial charge < -0.3 is 9.64 Å². The van der Waals surface area contributed by atoms with Crippen molar-refractivity contribution in [2.24, 2.45) is 5.92 Å². The number of hydrogen-bond donors (Lipinski definition) is 0. The van der Waals surface area contributed by atoms with Gasteiger partial charge in [-0.25, -0.2) is 0 Å². The molecular weight excluding hydrogens is 250 g/mol.